The molecule has 1 unspecified atom stereocenters. The number of aliphatic carboxylic acids is 1. The fourth-order valence-electron chi connectivity index (χ4n) is 5.44. The minimum Gasteiger partial charge on any atom is -0.480 e. The highest BCUT2D eigenvalue weighted by Gasteiger charge is 2.54. The number of hydrogen-bond acceptors (Lipinski definition) is 3. The lowest BCUT2D eigenvalue weighted by molar-refractivity contribution is -0.149. The van der Waals surface area contributed by atoms with E-state index in [-0.39, 0.29) is 25.7 Å². The minimum absolute atomic E-state index is 0.0820. The molecule has 0 radical (unpaired) electrons. The van der Waals surface area contributed by atoms with Crippen LogP contribution < -0.4 is 0 Å². The second-order valence-corrected chi connectivity index (χ2v) is 10.3. The second kappa shape index (κ2) is 12.5. The van der Waals surface area contributed by atoms with Gasteiger partial charge in [0.05, 0.1) is 6.04 Å². The van der Waals surface area contributed by atoms with Crippen LogP contribution in [0.5, 0.6) is 0 Å². The first-order valence-corrected chi connectivity index (χ1v) is 13.7. The molecule has 4 aromatic carbocycles. The molecule has 1 N–H and O–H groups in total. The van der Waals surface area contributed by atoms with Gasteiger partial charge in [0.1, 0.15) is 6.04 Å². The van der Waals surface area contributed by atoms with Crippen molar-refractivity contribution in [3.63, 3.8) is 0 Å². The van der Waals surface area contributed by atoms with E-state index in [4.69, 9.17) is 0 Å². The molecule has 5 rings (SSSR count). The average molecular weight is 548 g/mol. The van der Waals surface area contributed by atoms with Gasteiger partial charge in [-0.25, -0.2) is 9.59 Å². The van der Waals surface area contributed by atoms with Crippen molar-refractivity contribution in [3.8, 4) is 0 Å². The molecule has 7 nitrogen and oxygen atoms in total. The van der Waals surface area contributed by atoms with Crippen molar-refractivity contribution in [1.82, 2.24) is 14.7 Å². The Kier molecular flexibility index (Phi) is 8.44. The number of hydrogen-bond donors (Lipinski definition) is 1. The molecule has 7 heteroatoms. The van der Waals surface area contributed by atoms with Crippen LogP contribution in [0, 0.1) is 0 Å². The Morgan fingerprint density at radius 1 is 0.683 bits per heavy atom. The van der Waals surface area contributed by atoms with Crippen molar-refractivity contribution in [2.24, 2.45) is 0 Å². The zero-order chi connectivity index (χ0) is 28.8. The van der Waals surface area contributed by atoms with Crippen molar-refractivity contribution in [2.45, 2.75) is 44.7 Å². The SMILES string of the molecule is CC(c1ccccc1)N(Cc1ccccc1)C(=O)[C@@H]1[C@H](C(=O)O)N(Cc2ccccc2)C(=O)N1Cc1ccccc1. The van der Waals surface area contributed by atoms with E-state index < -0.39 is 30.0 Å². The Labute approximate surface area is 240 Å². The predicted octanol–water partition coefficient (Wildman–Crippen LogP) is 5.74. The molecule has 1 aliphatic rings. The Morgan fingerprint density at radius 3 is 1.56 bits per heavy atom. The standard InChI is InChI=1S/C34H33N3O4/c1-25(29-20-12-5-13-21-29)35(22-26-14-6-2-7-15-26)32(38)30-31(33(39)40)37(24-28-18-10-4-11-19-28)34(41)36(30)23-27-16-8-3-9-17-27/h2-21,25,30-31H,22-24H2,1H3,(H,39,40)/t25?,30-,31+/m0/s1. The van der Waals surface area contributed by atoms with Gasteiger partial charge in [0.2, 0.25) is 5.91 Å². The number of amides is 3. The monoisotopic (exact) mass is 547 g/mol. The van der Waals surface area contributed by atoms with Crippen molar-refractivity contribution < 1.29 is 19.5 Å². The Balaban J connectivity index is 1.57. The third-order valence-electron chi connectivity index (χ3n) is 7.59. The molecule has 0 spiro atoms. The number of benzene rings is 4. The first kappa shape index (κ1) is 27.6. The number of carbonyl (C=O) groups is 3. The maximum atomic E-state index is 14.7. The summed E-state index contributed by atoms with van der Waals surface area (Å²) in [6.45, 7) is 2.40. The van der Waals surface area contributed by atoms with E-state index in [1.54, 1.807) is 4.90 Å². The molecule has 1 heterocycles. The Hall–Kier alpha value is -4.91. The van der Waals surface area contributed by atoms with Gasteiger partial charge in [0.25, 0.3) is 0 Å². The summed E-state index contributed by atoms with van der Waals surface area (Å²) in [5.74, 6) is -1.62. The van der Waals surface area contributed by atoms with Gasteiger partial charge in [-0.2, -0.15) is 0 Å². The highest BCUT2D eigenvalue weighted by molar-refractivity contribution is 5.98. The van der Waals surface area contributed by atoms with Gasteiger partial charge in [-0.3, -0.25) is 4.79 Å². The van der Waals surface area contributed by atoms with Gasteiger partial charge in [-0.15, -0.1) is 0 Å². The number of carboxylic acids is 1. The molecule has 4 aromatic rings. The van der Waals surface area contributed by atoms with Crippen LogP contribution in [0.2, 0.25) is 0 Å². The summed E-state index contributed by atoms with van der Waals surface area (Å²) >= 11 is 0. The minimum atomic E-state index is -1.36. The fourth-order valence-corrected chi connectivity index (χ4v) is 5.44. The summed E-state index contributed by atoms with van der Waals surface area (Å²) in [6, 6.07) is 34.4. The quantitative estimate of drug-likeness (QED) is 0.275. The lowest BCUT2D eigenvalue weighted by Crippen LogP contribution is -2.53. The molecular weight excluding hydrogens is 514 g/mol. The molecule has 3 amide bonds. The van der Waals surface area contributed by atoms with E-state index in [1.165, 1.54) is 9.80 Å². The van der Waals surface area contributed by atoms with Gasteiger partial charge in [0, 0.05) is 19.6 Å². The van der Waals surface area contributed by atoms with E-state index in [2.05, 4.69) is 0 Å². The predicted molar refractivity (Wildman–Crippen MR) is 156 cm³/mol. The number of nitrogens with zero attached hydrogens (tertiary/aromatic N) is 3. The van der Waals surface area contributed by atoms with E-state index in [1.807, 2.05) is 128 Å². The molecule has 3 atom stereocenters. The van der Waals surface area contributed by atoms with Crippen LogP contribution >= 0.6 is 0 Å². The molecular formula is C34H33N3O4. The molecule has 1 aliphatic heterocycles. The third-order valence-corrected chi connectivity index (χ3v) is 7.59. The number of rotatable bonds is 10. The van der Waals surface area contributed by atoms with Crippen LogP contribution in [0.4, 0.5) is 4.79 Å². The molecule has 0 bridgehead atoms. The summed E-state index contributed by atoms with van der Waals surface area (Å²) < 4.78 is 0. The third kappa shape index (κ3) is 6.14. The van der Waals surface area contributed by atoms with Crippen LogP contribution in [-0.4, -0.2) is 49.8 Å². The van der Waals surface area contributed by atoms with Crippen molar-refractivity contribution in [3.05, 3.63) is 144 Å². The lowest BCUT2D eigenvalue weighted by Gasteiger charge is -2.35. The second-order valence-electron chi connectivity index (χ2n) is 10.3. The molecule has 1 fully saturated rings. The maximum absolute atomic E-state index is 14.7. The van der Waals surface area contributed by atoms with Crippen LogP contribution in [0.15, 0.2) is 121 Å². The molecule has 1 saturated heterocycles. The summed E-state index contributed by atoms with van der Waals surface area (Å²) in [6.07, 6.45) is 0. The number of urea groups is 1. The maximum Gasteiger partial charge on any atom is 0.329 e. The molecule has 41 heavy (non-hydrogen) atoms. The van der Waals surface area contributed by atoms with E-state index >= 15 is 0 Å². The van der Waals surface area contributed by atoms with Crippen LogP contribution in [-0.2, 0) is 29.2 Å². The summed E-state index contributed by atoms with van der Waals surface area (Å²) in [5.41, 5.74) is 3.44. The number of carboxylic acid groups (broad SMARTS) is 1. The molecule has 0 aromatic heterocycles. The van der Waals surface area contributed by atoms with E-state index in [0.29, 0.717) is 0 Å². The summed E-state index contributed by atoms with van der Waals surface area (Å²) in [7, 11) is 0. The lowest BCUT2D eigenvalue weighted by atomic mass is 10.0. The van der Waals surface area contributed by atoms with Crippen LogP contribution in [0.1, 0.15) is 35.2 Å². The Bertz CT molecular complexity index is 1470. The average Bonchev–Trinajstić information content (AvgIpc) is 3.28. The number of carbonyl (C=O) groups excluding carboxylic acids is 2. The zero-order valence-corrected chi connectivity index (χ0v) is 22.9. The van der Waals surface area contributed by atoms with Crippen molar-refractivity contribution in [1.29, 1.82) is 0 Å². The van der Waals surface area contributed by atoms with Crippen molar-refractivity contribution >= 4 is 17.9 Å². The molecule has 0 aliphatic carbocycles. The first-order valence-electron chi connectivity index (χ1n) is 13.7. The topological polar surface area (TPSA) is 81.2 Å². The highest BCUT2D eigenvalue weighted by Crippen LogP contribution is 2.32. The smallest absolute Gasteiger partial charge is 0.329 e. The fraction of sp³-hybridized carbons (Fsp3) is 0.206. The largest absolute Gasteiger partial charge is 0.480 e. The molecule has 0 saturated carbocycles. The van der Waals surface area contributed by atoms with E-state index in [0.717, 1.165) is 22.3 Å². The highest BCUT2D eigenvalue weighted by atomic mass is 16.4. The van der Waals surface area contributed by atoms with Gasteiger partial charge in [-0.1, -0.05) is 121 Å². The van der Waals surface area contributed by atoms with Crippen LogP contribution in [0.3, 0.4) is 0 Å². The molecule has 208 valence electrons. The van der Waals surface area contributed by atoms with Gasteiger partial charge >= 0.3 is 12.0 Å². The van der Waals surface area contributed by atoms with E-state index in [9.17, 15) is 19.5 Å². The zero-order valence-electron chi connectivity index (χ0n) is 22.9. The van der Waals surface area contributed by atoms with Gasteiger partial charge < -0.3 is 19.8 Å². The summed E-state index contributed by atoms with van der Waals surface area (Å²) in [5, 5.41) is 10.5. The summed E-state index contributed by atoms with van der Waals surface area (Å²) in [4.78, 5) is 46.0. The first-order chi connectivity index (χ1) is 19.9. The van der Waals surface area contributed by atoms with Gasteiger partial charge in [-0.05, 0) is 29.2 Å². The van der Waals surface area contributed by atoms with Crippen molar-refractivity contribution in [2.75, 3.05) is 0 Å². The Morgan fingerprint density at radius 2 is 1.10 bits per heavy atom. The normalized spacial score (nSPS) is 17.3. The van der Waals surface area contributed by atoms with Gasteiger partial charge in [0.15, 0.2) is 6.04 Å². The van der Waals surface area contributed by atoms with Crippen LogP contribution in [0.25, 0.3) is 0 Å².